The number of aliphatic hydroxyl groups is 1. The summed E-state index contributed by atoms with van der Waals surface area (Å²) >= 11 is 0. The molecule has 0 spiro atoms. The van der Waals surface area contributed by atoms with E-state index in [0.29, 0.717) is 4.48 Å². The number of nitrogens with zero attached hydrogens (tertiary/aromatic N) is 1. The SMILES string of the molecule is CCCCCCCCCCCCCCCCCCCCCC[N+](C)(C)CC(CO)S(=O)(=O)O. The van der Waals surface area contributed by atoms with Crippen LogP contribution in [0.1, 0.15) is 135 Å². The average Bonchev–Trinajstić information content (AvgIpc) is 2.75. The molecule has 0 bridgehead atoms. The molecule has 33 heavy (non-hydrogen) atoms. The molecule has 1 atom stereocenters. The van der Waals surface area contributed by atoms with Crippen LogP contribution in [0.5, 0.6) is 0 Å². The summed E-state index contributed by atoms with van der Waals surface area (Å²) in [5.74, 6) is 0. The second kappa shape index (κ2) is 21.1. The Bertz CT molecular complexity index is 522. The van der Waals surface area contributed by atoms with Crippen molar-refractivity contribution in [1.82, 2.24) is 0 Å². The van der Waals surface area contributed by atoms with Crippen molar-refractivity contribution in [3.63, 3.8) is 0 Å². The molecule has 0 saturated heterocycles. The summed E-state index contributed by atoms with van der Waals surface area (Å²) in [5, 5.41) is 8.13. The van der Waals surface area contributed by atoms with Crippen LogP contribution in [-0.4, -0.2) is 61.6 Å². The summed E-state index contributed by atoms with van der Waals surface area (Å²) in [6.45, 7) is 2.86. The topological polar surface area (TPSA) is 74.6 Å². The Kier molecular flexibility index (Phi) is 21.0. The molecular formula is C27H58NO4S+. The molecule has 0 aromatic heterocycles. The zero-order valence-electron chi connectivity index (χ0n) is 22.4. The van der Waals surface area contributed by atoms with Gasteiger partial charge < -0.3 is 9.59 Å². The van der Waals surface area contributed by atoms with Crippen LogP contribution in [-0.2, 0) is 10.1 Å². The summed E-state index contributed by atoms with van der Waals surface area (Å²) in [6.07, 6.45) is 27.3. The molecule has 0 aromatic rings. The van der Waals surface area contributed by atoms with Crippen molar-refractivity contribution in [3.8, 4) is 0 Å². The molecule has 1 unspecified atom stereocenters. The Balaban J connectivity index is 3.38. The molecule has 0 heterocycles. The lowest BCUT2D eigenvalue weighted by Crippen LogP contribution is -2.49. The number of quaternary nitrogens is 1. The first-order chi connectivity index (χ1) is 15.7. The fourth-order valence-corrected chi connectivity index (χ4v) is 5.46. The standard InChI is InChI=1S/C27H57NO4S/c1-4-5-6-7-8-9-10-11-12-13-14-15-16-17-18-19-20-21-22-23-24-28(2,3)25-27(26-29)33(30,31)32/h27,29H,4-26H2,1-3H3/p+1. The molecule has 0 aliphatic rings. The maximum Gasteiger partial charge on any atom is 0.275 e. The molecule has 0 aromatic carbocycles. The predicted octanol–water partition coefficient (Wildman–Crippen LogP) is 7.13. The van der Waals surface area contributed by atoms with Crippen molar-refractivity contribution in [2.75, 3.05) is 33.8 Å². The van der Waals surface area contributed by atoms with E-state index in [2.05, 4.69) is 6.92 Å². The van der Waals surface area contributed by atoms with Crippen LogP contribution in [0.3, 0.4) is 0 Å². The number of hydrogen-bond donors (Lipinski definition) is 2. The van der Waals surface area contributed by atoms with E-state index in [1.165, 1.54) is 116 Å². The minimum atomic E-state index is -4.18. The first-order valence-corrected chi connectivity index (χ1v) is 15.6. The number of rotatable bonds is 25. The lowest BCUT2D eigenvalue weighted by molar-refractivity contribution is -0.890. The first-order valence-electron chi connectivity index (χ1n) is 14.1. The van der Waals surface area contributed by atoms with Gasteiger partial charge in [-0.05, 0) is 12.8 Å². The van der Waals surface area contributed by atoms with Gasteiger partial charge in [0.15, 0.2) is 5.25 Å². The quantitative estimate of drug-likeness (QED) is 0.0807. The van der Waals surface area contributed by atoms with Crippen molar-refractivity contribution in [1.29, 1.82) is 0 Å². The summed E-state index contributed by atoms with van der Waals surface area (Å²) in [5.41, 5.74) is 0. The predicted molar refractivity (Wildman–Crippen MR) is 142 cm³/mol. The van der Waals surface area contributed by atoms with Gasteiger partial charge in [0.1, 0.15) is 0 Å². The Hall–Kier alpha value is -0.170. The molecule has 2 N–H and O–H groups in total. The van der Waals surface area contributed by atoms with Gasteiger partial charge in [0.05, 0.1) is 33.8 Å². The van der Waals surface area contributed by atoms with Gasteiger partial charge in [0.2, 0.25) is 0 Å². The number of hydrogen-bond acceptors (Lipinski definition) is 3. The third-order valence-electron chi connectivity index (χ3n) is 6.94. The highest BCUT2D eigenvalue weighted by Gasteiger charge is 2.30. The van der Waals surface area contributed by atoms with Gasteiger partial charge in [-0.3, -0.25) is 4.55 Å². The minimum Gasteiger partial charge on any atom is -0.395 e. The van der Waals surface area contributed by atoms with E-state index in [4.69, 9.17) is 0 Å². The van der Waals surface area contributed by atoms with E-state index >= 15 is 0 Å². The first kappa shape index (κ1) is 32.8. The molecule has 200 valence electrons. The van der Waals surface area contributed by atoms with Gasteiger partial charge in [-0.25, -0.2) is 0 Å². The molecule has 5 nitrogen and oxygen atoms in total. The minimum absolute atomic E-state index is 0.245. The molecular weight excluding hydrogens is 434 g/mol. The molecule has 0 amide bonds. The molecule has 0 aliphatic carbocycles. The Morgan fingerprint density at radius 1 is 0.606 bits per heavy atom. The zero-order chi connectivity index (χ0) is 24.8. The lowest BCUT2D eigenvalue weighted by Gasteiger charge is -2.32. The summed E-state index contributed by atoms with van der Waals surface area (Å²) in [7, 11) is -0.255. The highest BCUT2D eigenvalue weighted by Crippen LogP contribution is 2.15. The smallest absolute Gasteiger partial charge is 0.275 e. The Morgan fingerprint density at radius 2 is 0.909 bits per heavy atom. The second-order valence-electron chi connectivity index (χ2n) is 10.9. The fraction of sp³-hybridized carbons (Fsp3) is 1.00. The maximum absolute atomic E-state index is 11.3. The van der Waals surface area contributed by atoms with Gasteiger partial charge in [0.25, 0.3) is 10.1 Å². The van der Waals surface area contributed by atoms with Crippen molar-refractivity contribution in [2.24, 2.45) is 0 Å². The Morgan fingerprint density at radius 3 is 1.18 bits per heavy atom. The molecule has 0 rings (SSSR count). The molecule has 0 fully saturated rings. The van der Waals surface area contributed by atoms with Crippen LogP contribution in [0.15, 0.2) is 0 Å². The van der Waals surface area contributed by atoms with Crippen LogP contribution in [0.2, 0.25) is 0 Å². The van der Waals surface area contributed by atoms with E-state index in [-0.39, 0.29) is 6.54 Å². The van der Waals surface area contributed by atoms with E-state index in [1.54, 1.807) is 0 Å². The third-order valence-corrected chi connectivity index (χ3v) is 8.08. The third kappa shape index (κ3) is 22.1. The van der Waals surface area contributed by atoms with Crippen molar-refractivity contribution < 1.29 is 22.6 Å². The van der Waals surface area contributed by atoms with E-state index < -0.39 is 22.0 Å². The van der Waals surface area contributed by atoms with Gasteiger partial charge in [-0.1, -0.05) is 122 Å². The maximum atomic E-state index is 11.3. The summed E-state index contributed by atoms with van der Waals surface area (Å²) in [4.78, 5) is 0. The highest BCUT2D eigenvalue weighted by atomic mass is 32.2. The second-order valence-corrected chi connectivity index (χ2v) is 12.6. The number of aliphatic hydroxyl groups excluding tert-OH is 1. The van der Waals surface area contributed by atoms with E-state index in [9.17, 15) is 18.1 Å². The average molecular weight is 493 g/mol. The van der Waals surface area contributed by atoms with Crippen LogP contribution in [0.4, 0.5) is 0 Å². The van der Waals surface area contributed by atoms with Gasteiger partial charge in [-0.2, -0.15) is 8.42 Å². The van der Waals surface area contributed by atoms with Gasteiger partial charge in [-0.15, -0.1) is 0 Å². The summed E-state index contributed by atoms with van der Waals surface area (Å²) in [6, 6.07) is 0. The van der Waals surface area contributed by atoms with Gasteiger partial charge in [0, 0.05) is 0 Å². The largest absolute Gasteiger partial charge is 0.395 e. The van der Waals surface area contributed by atoms with Crippen molar-refractivity contribution in [3.05, 3.63) is 0 Å². The Labute approximate surface area is 207 Å². The lowest BCUT2D eigenvalue weighted by atomic mass is 10.0. The zero-order valence-corrected chi connectivity index (χ0v) is 23.2. The fourth-order valence-electron chi connectivity index (χ4n) is 4.68. The van der Waals surface area contributed by atoms with Crippen LogP contribution >= 0.6 is 0 Å². The monoisotopic (exact) mass is 492 g/mol. The van der Waals surface area contributed by atoms with Gasteiger partial charge >= 0.3 is 0 Å². The molecule has 0 aliphatic heterocycles. The van der Waals surface area contributed by atoms with E-state index in [1.807, 2.05) is 14.1 Å². The number of unbranched alkanes of at least 4 members (excludes halogenated alkanes) is 19. The molecule has 0 radical (unpaired) electrons. The van der Waals surface area contributed by atoms with Crippen LogP contribution < -0.4 is 0 Å². The summed E-state index contributed by atoms with van der Waals surface area (Å²) < 4.78 is 32.3. The van der Waals surface area contributed by atoms with Crippen LogP contribution in [0, 0.1) is 0 Å². The van der Waals surface area contributed by atoms with Crippen molar-refractivity contribution >= 4 is 10.1 Å². The highest BCUT2D eigenvalue weighted by molar-refractivity contribution is 7.86. The van der Waals surface area contributed by atoms with Crippen molar-refractivity contribution in [2.45, 2.75) is 141 Å². The van der Waals surface area contributed by atoms with Crippen LogP contribution in [0.25, 0.3) is 0 Å². The molecule has 6 heteroatoms. The van der Waals surface area contributed by atoms with E-state index in [0.717, 1.165) is 19.4 Å². The molecule has 0 saturated carbocycles. The normalized spacial score (nSPS) is 13.5.